The average molecular weight is 239 g/mol. The summed E-state index contributed by atoms with van der Waals surface area (Å²) < 4.78 is 2.14. The Morgan fingerprint density at radius 3 is 2.69 bits per heavy atom. The number of para-hydroxylation sites is 1. The largest absolute Gasteiger partial charge is 0.370 e. The number of guanidine groups is 1. The highest BCUT2D eigenvalue weighted by molar-refractivity contribution is 5.85. The molecule has 0 amide bonds. The molecule has 1 aromatic heterocycles. The summed E-state index contributed by atoms with van der Waals surface area (Å²) in [6, 6.07) is 10.3. The molecule has 0 fully saturated rings. The molecule has 0 atom stereocenters. The van der Waals surface area contributed by atoms with Gasteiger partial charge >= 0.3 is 0 Å². The van der Waals surface area contributed by atoms with E-state index in [0.29, 0.717) is 6.54 Å². The molecule has 0 spiro atoms. The Morgan fingerprint density at radius 2 is 1.94 bits per heavy atom. The minimum atomic E-state index is 0. The summed E-state index contributed by atoms with van der Waals surface area (Å²) in [4.78, 5) is 3.96. The molecular weight excluding hydrogens is 224 g/mol. The molecule has 1 aromatic carbocycles. The molecule has 16 heavy (non-hydrogen) atoms. The molecule has 4 N–H and O–H groups in total. The van der Waals surface area contributed by atoms with Crippen molar-refractivity contribution in [3.8, 4) is 0 Å². The molecule has 4 nitrogen and oxygen atoms in total. The summed E-state index contributed by atoms with van der Waals surface area (Å²) >= 11 is 0. The highest BCUT2D eigenvalue weighted by Gasteiger charge is 1.98. The van der Waals surface area contributed by atoms with Crippen molar-refractivity contribution in [3.63, 3.8) is 0 Å². The van der Waals surface area contributed by atoms with Gasteiger partial charge in [0.1, 0.15) is 0 Å². The third-order valence-corrected chi connectivity index (χ3v) is 2.32. The summed E-state index contributed by atoms with van der Waals surface area (Å²) in [5.74, 6) is 0.145. The molecule has 0 aliphatic carbocycles. The van der Waals surface area contributed by atoms with Crippen molar-refractivity contribution in [3.05, 3.63) is 36.5 Å². The van der Waals surface area contributed by atoms with Gasteiger partial charge < -0.3 is 16.0 Å². The van der Waals surface area contributed by atoms with Crippen LogP contribution in [0.2, 0.25) is 0 Å². The van der Waals surface area contributed by atoms with E-state index in [-0.39, 0.29) is 18.4 Å². The zero-order valence-electron chi connectivity index (χ0n) is 8.84. The lowest BCUT2D eigenvalue weighted by atomic mass is 10.2. The van der Waals surface area contributed by atoms with Crippen LogP contribution in [-0.2, 0) is 6.54 Å². The van der Waals surface area contributed by atoms with E-state index < -0.39 is 0 Å². The van der Waals surface area contributed by atoms with Crippen molar-refractivity contribution in [2.45, 2.75) is 6.54 Å². The second kappa shape index (κ2) is 5.42. The summed E-state index contributed by atoms with van der Waals surface area (Å²) in [5.41, 5.74) is 11.7. The molecule has 2 rings (SSSR count). The summed E-state index contributed by atoms with van der Waals surface area (Å²) in [6.07, 6.45) is 2.05. The van der Waals surface area contributed by atoms with E-state index in [4.69, 9.17) is 11.5 Å². The maximum atomic E-state index is 5.26. The van der Waals surface area contributed by atoms with Gasteiger partial charge in [0, 0.05) is 18.3 Å². The van der Waals surface area contributed by atoms with Crippen molar-refractivity contribution >= 4 is 29.3 Å². The van der Waals surface area contributed by atoms with Crippen LogP contribution in [0.15, 0.2) is 41.5 Å². The van der Waals surface area contributed by atoms with Crippen LogP contribution in [0.3, 0.4) is 0 Å². The molecule has 0 saturated heterocycles. The van der Waals surface area contributed by atoms with Gasteiger partial charge in [-0.25, -0.2) is 0 Å². The van der Waals surface area contributed by atoms with Gasteiger partial charge in [-0.1, -0.05) is 18.2 Å². The number of hydrogen-bond acceptors (Lipinski definition) is 1. The van der Waals surface area contributed by atoms with Gasteiger partial charge in [0.25, 0.3) is 0 Å². The number of rotatable bonds is 3. The van der Waals surface area contributed by atoms with Crippen LogP contribution in [0, 0.1) is 0 Å². The Balaban J connectivity index is 0.00000128. The predicted octanol–water partition coefficient (Wildman–Crippen LogP) is 1.34. The Labute approximate surface area is 100 Å². The SMILES string of the molecule is Cl.NC(N)=NCCn1ccc2ccccc21. The molecular formula is C11H15ClN4. The van der Waals surface area contributed by atoms with Crippen molar-refractivity contribution in [2.75, 3.05) is 6.54 Å². The van der Waals surface area contributed by atoms with Crippen molar-refractivity contribution < 1.29 is 0 Å². The third kappa shape index (κ3) is 2.67. The molecule has 86 valence electrons. The van der Waals surface area contributed by atoms with E-state index >= 15 is 0 Å². The number of nitrogens with zero attached hydrogens (tertiary/aromatic N) is 2. The van der Waals surface area contributed by atoms with Crippen molar-refractivity contribution in [1.82, 2.24) is 4.57 Å². The summed E-state index contributed by atoms with van der Waals surface area (Å²) in [7, 11) is 0. The van der Waals surface area contributed by atoms with Crippen LogP contribution in [0.25, 0.3) is 10.9 Å². The second-order valence-corrected chi connectivity index (χ2v) is 3.37. The average Bonchev–Trinajstić information content (AvgIpc) is 2.62. The fraction of sp³-hybridized carbons (Fsp3) is 0.182. The summed E-state index contributed by atoms with van der Waals surface area (Å²) in [6.45, 7) is 1.41. The fourth-order valence-electron chi connectivity index (χ4n) is 1.62. The Hall–Kier alpha value is -1.68. The number of benzene rings is 1. The number of hydrogen-bond donors (Lipinski definition) is 2. The number of fused-ring (bicyclic) bond motifs is 1. The normalized spacial score (nSPS) is 9.75. The van der Waals surface area contributed by atoms with Crippen molar-refractivity contribution in [1.29, 1.82) is 0 Å². The predicted molar refractivity (Wildman–Crippen MR) is 69.9 cm³/mol. The maximum Gasteiger partial charge on any atom is 0.185 e. The number of aliphatic imine (C=N–C) groups is 1. The van der Waals surface area contributed by atoms with E-state index in [1.807, 2.05) is 18.3 Å². The zero-order valence-corrected chi connectivity index (χ0v) is 9.65. The van der Waals surface area contributed by atoms with Gasteiger partial charge in [-0.15, -0.1) is 12.4 Å². The van der Waals surface area contributed by atoms with Crippen LogP contribution >= 0.6 is 12.4 Å². The van der Waals surface area contributed by atoms with Gasteiger partial charge in [-0.2, -0.15) is 0 Å². The molecule has 5 heteroatoms. The van der Waals surface area contributed by atoms with E-state index in [0.717, 1.165) is 6.54 Å². The van der Waals surface area contributed by atoms with E-state index in [1.54, 1.807) is 0 Å². The molecule has 0 saturated carbocycles. The first-order chi connectivity index (χ1) is 7.27. The molecule has 2 aromatic rings. The molecule has 0 aliphatic heterocycles. The number of nitrogens with two attached hydrogens (primary N) is 2. The topological polar surface area (TPSA) is 69.3 Å². The third-order valence-electron chi connectivity index (χ3n) is 2.32. The van der Waals surface area contributed by atoms with Crippen LogP contribution in [0.1, 0.15) is 0 Å². The lowest BCUT2D eigenvalue weighted by molar-refractivity contribution is 0.735. The van der Waals surface area contributed by atoms with Gasteiger partial charge in [0.2, 0.25) is 0 Å². The number of aromatic nitrogens is 1. The summed E-state index contributed by atoms with van der Waals surface area (Å²) in [5, 5.41) is 1.24. The highest BCUT2D eigenvalue weighted by atomic mass is 35.5. The molecule has 0 unspecified atom stereocenters. The lowest BCUT2D eigenvalue weighted by Gasteiger charge is -2.02. The minimum Gasteiger partial charge on any atom is -0.370 e. The van der Waals surface area contributed by atoms with Crippen LogP contribution in [0.4, 0.5) is 0 Å². The molecule has 0 aliphatic rings. The quantitative estimate of drug-likeness (QED) is 0.626. The van der Waals surface area contributed by atoms with Gasteiger partial charge in [-0.05, 0) is 17.5 Å². The lowest BCUT2D eigenvalue weighted by Crippen LogP contribution is -2.23. The molecule has 1 heterocycles. The Kier molecular flexibility index (Phi) is 4.19. The van der Waals surface area contributed by atoms with E-state index in [9.17, 15) is 0 Å². The van der Waals surface area contributed by atoms with Gasteiger partial charge in [-0.3, -0.25) is 4.99 Å². The smallest absolute Gasteiger partial charge is 0.185 e. The van der Waals surface area contributed by atoms with E-state index in [2.05, 4.69) is 27.8 Å². The van der Waals surface area contributed by atoms with Gasteiger partial charge in [0.05, 0.1) is 6.54 Å². The minimum absolute atomic E-state index is 0. The fourth-order valence-corrected chi connectivity index (χ4v) is 1.62. The van der Waals surface area contributed by atoms with Crippen LogP contribution in [0.5, 0.6) is 0 Å². The van der Waals surface area contributed by atoms with Crippen molar-refractivity contribution in [2.24, 2.45) is 16.5 Å². The van der Waals surface area contributed by atoms with Crippen LogP contribution < -0.4 is 11.5 Å². The van der Waals surface area contributed by atoms with E-state index in [1.165, 1.54) is 10.9 Å². The Morgan fingerprint density at radius 1 is 1.19 bits per heavy atom. The highest BCUT2D eigenvalue weighted by Crippen LogP contribution is 2.14. The first-order valence-corrected chi connectivity index (χ1v) is 4.86. The number of halogens is 1. The maximum absolute atomic E-state index is 5.26. The monoisotopic (exact) mass is 238 g/mol. The molecule has 0 bridgehead atoms. The zero-order chi connectivity index (χ0) is 10.7. The van der Waals surface area contributed by atoms with Gasteiger partial charge in [0.15, 0.2) is 5.96 Å². The standard InChI is InChI=1S/C11H14N4.ClH/c12-11(13)14-6-8-15-7-5-9-3-1-2-4-10(9)15;/h1-5,7H,6,8H2,(H4,12,13,14);1H. The second-order valence-electron chi connectivity index (χ2n) is 3.37. The Bertz CT molecular complexity index is 485. The molecule has 0 radical (unpaired) electrons. The van der Waals surface area contributed by atoms with Crippen LogP contribution in [-0.4, -0.2) is 17.1 Å². The first-order valence-electron chi connectivity index (χ1n) is 4.86. The first kappa shape index (κ1) is 12.4.